The Morgan fingerprint density at radius 2 is 1.52 bits per heavy atom. The lowest BCUT2D eigenvalue weighted by atomic mass is 10.0. The second kappa shape index (κ2) is 6.33. The minimum Gasteiger partial charge on any atom is -0.288 e. The van der Waals surface area contributed by atoms with Crippen LogP contribution in [0.25, 0.3) is 17.2 Å². The van der Waals surface area contributed by atoms with Gasteiger partial charge in [0.1, 0.15) is 0 Å². The predicted molar refractivity (Wildman–Crippen MR) is 89.6 cm³/mol. The molecule has 0 aliphatic carbocycles. The van der Waals surface area contributed by atoms with Gasteiger partial charge in [-0.3, -0.25) is 4.79 Å². The molecule has 0 unspecified atom stereocenters. The van der Waals surface area contributed by atoms with Crippen LogP contribution in [0.15, 0.2) is 78.2 Å². The molecule has 2 heteroatoms. The van der Waals surface area contributed by atoms with E-state index in [1.165, 1.54) is 22.5 Å². The Bertz CT molecular complexity index is 738. The van der Waals surface area contributed by atoms with Crippen molar-refractivity contribution in [1.29, 1.82) is 0 Å². The number of carbonyl (C=O) groups excluding carboxylic acids is 1. The van der Waals surface area contributed by atoms with Gasteiger partial charge in [0.25, 0.3) is 0 Å². The van der Waals surface area contributed by atoms with Gasteiger partial charge in [0.2, 0.25) is 0 Å². The third kappa shape index (κ3) is 3.36. The molecule has 3 rings (SSSR count). The van der Waals surface area contributed by atoms with Crippen molar-refractivity contribution in [2.24, 2.45) is 0 Å². The highest BCUT2D eigenvalue weighted by Gasteiger charge is 2.01. The average Bonchev–Trinajstić information content (AvgIpc) is 3.08. The molecule has 2 aromatic carbocycles. The standard InChI is InChI=1S/C19H14OS/c20-18(19-7-4-14-21-19)13-10-15-8-11-17(12-9-15)16-5-2-1-3-6-16/h1-14H/b13-10+. The maximum absolute atomic E-state index is 11.9. The van der Waals surface area contributed by atoms with E-state index in [0.717, 1.165) is 10.4 Å². The molecule has 0 amide bonds. The minimum absolute atomic E-state index is 0.0529. The summed E-state index contributed by atoms with van der Waals surface area (Å²) in [5.41, 5.74) is 3.40. The lowest BCUT2D eigenvalue weighted by Crippen LogP contribution is -1.88. The van der Waals surface area contributed by atoms with E-state index in [9.17, 15) is 4.79 Å². The summed E-state index contributed by atoms with van der Waals surface area (Å²) >= 11 is 1.47. The van der Waals surface area contributed by atoms with E-state index in [1.54, 1.807) is 6.08 Å². The van der Waals surface area contributed by atoms with Crippen LogP contribution in [0.2, 0.25) is 0 Å². The first-order chi connectivity index (χ1) is 10.3. The molecule has 0 N–H and O–H groups in total. The first-order valence-electron chi connectivity index (χ1n) is 6.74. The number of hydrogen-bond acceptors (Lipinski definition) is 2. The lowest BCUT2D eigenvalue weighted by molar-refractivity contribution is 0.105. The Balaban J connectivity index is 1.74. The van der Waals surface area contributed by atoms with Crippen molar-refractivity contribution in [3.05, 3.63) is 88.6 Å². The smallest absolute Gasteiger partial charge is 0.195 e. The topological polar surface area (TPSA) is 17.1 Å². The molecular formula is C19H14OS. The molecule has 0 saturated carbocycles. The van der Waals surface area contributed by atoms with Crippen molar-refractivity contribution < 1.29 is 4.79 Å². The number of allylic oxidation sites excluding steroid dienone is 1. The van der Waals surface area contributed by atoms with Crippen molar-refractivity contribution in [1.82, 2.24) is 0 Å². The van der Waals surface area contributed by atoms with Crippen molar-refractivity contribution >= 4 is 23.2 Å². The number of hydrogen-bond donors (Lipinski definition) is 0. The van der Waals surface area contributed by atoms with E-state index in [2.05, 4.69) is 24.3 Å². The van der Waals surface area contributed by atoms with Crippen molar-refractivity contribution in [2.75, 3.05) is 0 Å². The van der Waals surface area contributed by atoms with Gasteiger partial charge in [-0.2, -0.15) is 0 Å². The van der Waals surface area contributed by atoms with Gasteiger partial charge in [-0.1, -0.05) is 66.7 Å². The second-order valence-electron chi connectivity index (χ2n) is 4.66. The molecule has 0 fully saturated rings. The van der Waals surface area contributed by atoms with Gasteiger partial charge in [-0.05, 0) is 34.2 Å². The van der Waals surface area contributed by atoms with E-state index >= 15 is 0 Å². The Hall–Kier alpha value is -2.45. The van der Waals surface area contributed by atoms with Gasteiger partial charge in [-0.15, -0.1) is 11.3 Å². The number of thiophene rings is 1. The summed E-state index contributed by atoms with van der Waals surface area (Å²) in [5.74, 6) is 0.0529. The zero-order valence-electron chi connectivity index (χ0n) is 11.4. The fourth-order valence-electron chi connectivity index (χ4n) is 2.09. The molecule has 0 bridgehead atoms. The molecule has 0 aliphatic rings. The minimum atomic E-state index is 0.0529. The van der Waals surface area contributed by atoms with Crippen LogP contribution in [-0.2, 0) is 0 Å². The summed E-state index contributed by atoms with van der Waals surface area (Å²) in [7, 11) is 0. The normalized spacial score (nSPS) is 10.9. The lowest BCUT2D eigenvalue weighted by Gasteiger charge is -2.01. The molecule has 1 aromatic heterocycles. The van der Waals surface area contributed by atoms with Crippen LogP contribution in [0.5, 0.6) is 0 Å². The molecule has 1 heterocycles. The van der Waals surface area contributed by atoms with Crippen LogP contribution in [0.1, 0.15) is 15.2 Å². The van der Waals surface area contributed by atoms with Crippen LogP contribution in [0.3, 0.4) is 0 Å². The molecule has 21 heavy (non-hydrogen) atoms. The van der Waals surface area contributed by atoms with Gasteiger partial charge >= 0.3 is 0 Å². The Morgan fingerprint density at radius 3 is 2.19 bits per heavy atom. The Morgan fingerprint density at radius 1 is 0.810 bits per heavy atom. The Kier molecular flexibility index (Phi) is 4.08. The SMILES string of the molecule is O=C(/C=C/c1ccc(-c2ccccc2)cc1)c1cccs1. The van der Waals surface area contributed by atoms with Crippen molar-refractivity contribution in [3.8, 4) is 11.1 Å². The third-order valence-electron chi connectivity index (χ3n) is 3.21. The van der Waals surface area contributed by atoms with Crippen molar-refractivity contribution in [3.63, 3.8) is 0 Å². The summed E-state index contributed by atoms with van der Waals surface area (Å²) in [5, 5.41) is 1.91. The summed E-state index contributed by atoms with van der Waals surface area (Å²) in [6, 6.07) is 22.2. The van der Waals surface area contributed by atoms with Gasteiger partial charge < -0.3 is 0 Å². The molecule has 0 saturated heterocycles. The quantitative estimate of drug-likeness (QED) is 0.470. The fraction of sp³-hybridized carbons (Fsp3) is 0. The zero-order valence-corrected chi connectivity index (χ0v) is 12.2. The number of ketones is 1. The van der Waals surface area contributed by atoms with E-state index in [1.807, 2.05) is 53.9 Å². The first-order valence-corrected chi connectivity index (χ1v) is 7.62. The molecular weight excluding hydrogens is 276 g/mol. The largest absolute Gasteiger partial charge is 0.288 e. The number of rotatable bonds is 4. The maximum Gasteiger partial charge on any atom is 0.195 e. The number of benzene rings is 2. The van der Waals surface area contributed by atoms with Crippen molar-refractivity contribution in [2.45, 2.75) is 0 Å². The van der Waals surface area contributed by atoms with Gasteiger partial charge in [0.15, 0.2) is 5.78 Å². The maximum atomic E-state index is 11.9. The summed E-state index contributed by atoms with van der Waals surface area (Å²) in [6.45, 7) is 0. The fourth-order valence-corrected chi connectivity index (χ4v) is 2.74. The molecule has 0 spiro atoms. The predicted octanol–water partition coefficient (Wildman–Crippen LogP) is 5.31. The highest BCUT2D eigenvalue weighted by Crippen LogP contribution is 2.20. The molecule has 3 aromatic rings. The molecule has 102 valence electrons. The van der Waals surface area contributed by atoms with Crippen LogP contribution < -0.4 is 0 Å². The van der Waals surface area contributed by atoms with Crippen LogP contribution in [-0.4, -0.2) is 5.78 Å². The van der Waals surface area contributed by atoms with Gasteiger partial charge in [-0.25, -0.2) is 0 Å². The van der Waals surface area contributed by atoms with E-state index < -0.39 is 0 Å². The molecule has 0 radical (unpaired) electrons. The van der Waals surface area contributed by atoms with E-state index in [4.69, 9.17) is 0 Å². The number of carbonyl (C=O) groups is 1. The molecule has 1 nitrogen and oxygen atoms in total. The first kappa shape index (κ1) is 13.5. The van der Waals surface area contributed by atoms with Crippen LogP contribution in [0, 0.1) is 0 Å². The average molecular weight is 290 g/mol. The van der Waals surface area contributed by atoms with Gasteiger partial charge in [0, 0.05) is 0 Å². The van der Waals surface area contributed by atoms with Crippen LogP contribution in [0.4, 0.5) is 0 Å². The van der Waals surface area contributed by atoms with Gasteiger partial charge in [0.05, 0.1) is 4.88 Å². The highest BCUT2D eigenvalue weighted by atomic mass is 32.1. The summed E-state index contributed by atoms with van der Waals surface area (Å²) in [6.07, 6.45) is 3.49. The Labute approximate surface area is 128 Å². The van der Waals surface area contributed by atoms with E-state index in [0.29, 0.717) is 0 Å². The zero-order chi connectivity index (χ0) is 14.5. The monoisotopic (exact) mass is 290 g/mol. The summed E-state index contributed by atoms with van der Waals surface area (Å²) < 4.78 is 0. The van der Waals surface area contributed by atoms with Crippen LogP contribution >= 0.6 is 11.3 Å². The highest BCUT2D eigenvalue weighted by molar-refractivity contribution is 7.12. The molecule has 0 atom stereocenters. The second-order valence-corrected chi connectivity index (χ2v) is 5.61. The molecule has 0 aliphatic heterocycles. The van der Waals surface area contributed by atoms with E-state index in [-0.39, 0.29) is 5.78 Å². The summed E-state index contributed by atoms with van der Waals surface area (Å²) in [4.78, 5) is 12.7. The third-order valence-corrected chi connectivity index (χ3v) is 4.09.